The van der Waals surface area contributed by atoms with Crippen LogP contribution in [0.1, 0.15) is 33.4 Å². The number of hydrogen-bond acceptors (Lipinski definition) is 4. The number of aromatic nitrogens is 2. The van der Waals surface area contributed by atoms with Crippen LogP contribution in [0, 0.1) is 13.8 Å². The van der Waals surface area contributed by atoms with Gasteiger partial charge < -0.3 is 4.74 Å². The summed E-state index contributed by atoms with van der Waals surface area (Å²) in [6.45, 7) is 6.95. The minimum Gasteiger partial charge on any atom is -0.462 e. The molecule has 0 saturated carbocycles. The second kappa shape index (κ2) is 5.93. The number of esters is 1. The summed E-state index contributed by atoms with van der Waals surface area (Å²) in [5, 5.41) is 5.62. The van der Waals surface area contributed by atoms with Crippen molar-refractivity contribution in [2.45, 2.75) is 27.3 Å². The van der Waals surface area contributed by atoms with Gasteiger partial charge in [-0.15, -0.1) is 11.3 Å². The molecule has 0 spiro atoms. The third-order valence-corrected chi connectivity index (χ3v) is 4.67. The van der Waals surface area contributed by atoms with Gasteiger partial charge in [-0.3, -0.25) is 4.68 Å². The van der Waals surface area contributed by atoms with Gasteiger partial charge >= 0.3 is 5.97 Å². The molecule has 3 aromatic rings. The summed E-state index contributed by atoms with van der Waals surface area (Å²) in [6, 6.07) is 10.3. The van der Waals surface area contributed by atoms with Gasteiger partial charge in [-0.1, -0.05) is 29.8 Å². The zero-order valence-corrected chi connectivity index (χ0v) is 13.7. The number of rotatable bonds is 4. The van der Waals surface area contributed by atoms with Crippen LogP contribution in [0.15, 0.2) is 30.3 Å². The topological polar surface area (TPSA) is 44.1 Å². The first-order chi connectivity index (χ1) is 10.6. The van der Waals surface area contributed by atoms with Crippen molar-refractivity contribution in [1.29, 1.82) is 0 Å². The predicted octanol–water partition coefficient (Wildman–Crippen LogP) is 3.94. The molecular formula is C17H18N2O2S. The van der Waals surface area contributed by atoms with Gasteiger partial charge in [0.15, 0.2) is 0 Å². The van der Waals surface area contributed by atoms with E-state index < -0.39 is 0 Å². The molecule has 3 rings (SSSR count). The summed E-state index contributed by atoms with van der Waals surface area (Å²) in [6.07, 6.45) is 0. The van der Waals surface area contributed by atoms with Gasteiger partial charge in [0.25, 0.3) is 0 Å². The van der Waals surface area contributed by atoms with Crippen LogP contribution in [-0.4, -0.2) is 22.4 Å². The molecule has 0 aliphatic carbocycles. The quantitative estimate of drug-likeness (QED) is 0.685. The smallest absolute Gasteiger partial charge is 0.348 e. The second-order valence-electron chi connectivity index (χ2n) is 5.28. The molecule has 1 aromatic carbocycles. The van der Waals surface area contributed by atoms with Gasteiger partial charge in [-0.2, -0.15) is 5.10 Å². The Bertz CT molecular complexity index is 815. The fourth-order valence-corrected chi connectivity index (χ4v) is 3.44. The molecule has 0 unspecified atom stereocenters. The molecule has 0 radical (unpaired) electrons. The number of carbonyl (C=O) groups is 1. The first kappa shape index (κ1) is 14.8. The maximum atomic E-state index is 11.9. The van der Waals surface area contributed by atoms with Gasteiger partial charge in [0, 0.05) is 5.39 Å². The lowest BCUT2D eigenvalue weighted by atomic mass is 10.1. The first-order valence-electron chi connectivity index (χ1n) is 7.28. The van der Waals surface area contributed by atoms with E-state index in [1.165, 1.54) is 22.5 Å². The summed E-state index contributed by atoms with van der Waals surface area (Å²) in [5.74, 6) is -0.259. The lowest BCUT2D eigenvalue weighted by Gasteiger charge is -2.03. The molecule has 0 aliphatic rings. The molecule has 0 fully saturated rings. The molecule has 22 heavy (non-hydrogen) atoms. The van der Waals surface area contributed by atoms with E-state index in [1.54, 1.807) is 0 Å². The largest absolute Gasteiger partial charge is 0.462 e. The van der Waals surface area contributed by atoms with Crippen molar-refractivity contribution in [3.8, 4) is 0 Å². The average Bonchev–Trinajstić information content (AvgIpc) is 3.04. The predicted molar refractivity (Wildman–Crippen MR) is 88.6 cm³/mol. The number of benzene rings is 1. The molecule has 0 saturated heterocycles. The van der Waals surface area contributed by atoms with Crippen molar-refractivity contribution < 1.29 is 9.53 Å². The average molecular weight is 314 g/mol. The number of nitrogens with zero attached hydrogens (tertiary/aromatic N) is 2. The number of thiophene rings is 1. The molecule has 0 aliphatic heterocycles. The van der Waals surface area contributed by atoms with Gasteiger partial charge in [-0.25, -0.2) is 4.79 Å². The van der Waals surface area contributed by atoms with Crippen LogP contribution < -0.4 is 0 Å². The second-order valence-corrected chi connectivity index (χ2v) is 6.31. The molecular weight excluding hydrogens is 296 g/mol. The Balaban J connectivity index is 1.95. The van der Waals surface area contributed by atoms with Crippen LogP contribution in [0.25, 0.3) is 10.2 Å². The Morgan fingerprint density at radius 1 is 1.27 bits per heavy atom. The van der Waals surface area contributed by atoms with E-state index in [9.17, 15) is 4.79 Å². The highest BCUT2D eigenvalue weighted by molar-refractivity contribution is 7.20. The third kappa shape index (κ3) is 2.76. The number of ether oxygens (including phenoxy) is 1. The van der Waals surface area contributed by atoms with Crippen molar-refractivity contribution in [3.63, 3.8) is 0 Å². The molecule has 0 amide bonds. The number of carbonyl (C=O) groups excluding carboxylic acids is 1. The summed E-state index contributed by atoms with van der Waals surface area (Å²) in [5.41, 5.74) is 3.38. The van der Waals surface area contributed by atoms with Crippen LogP contribution >= 0.6 is 11.3 Å². The van der Waals surface area contributed by atoms with E-state index in [4.69, 9.17) is 4.74 Å². The Morgan fingerprint density at radius 2 is 2.00 bits per heavy atom. The summed E-state index contributed by atoms with van der Waals surface area (Å²) >= 11 is 1.44. The van der Waals surface area contributed by atoms with E-state index in [-0.39, 0.29) is 5.97 Å². The van der Waals surface area contributed by atoms with Gasteiger partial charge in [-0.05, 0) is 32.4 Å². The maximum absolute atomic E-state index is 11.9. The zero-order valence-electron chi connectivity index (χ0n) is 12.9. The molecule has 0 N–H and O–H groups in total. The van der Waals surface area contributed by atoms with Crippen LogP contribution in [0.5, 0.6) is 0 Å². The van der Waals surface area contributed by atoms with E-state index in [0.29, 0.717) is 18.0 Å². The molecule has 114 valence electrons. The normalized spacial score (nSPS) is 11.0. The summed E-state index contributed by atoms with van der Waals surface area (Å²) in [7, 11) is 0. The van der Waals surface area contributed by atoms with Crippen molar-refractivity contribution in [3.05, 3.63) is 52.0 Å². The van der Waals surface area contributed by atoms with Gasteiger partial charge in [0.1, 0.15) is 9.71 Å². The van der Waals surface area contributed by atoms with Gasteiger partial charge in [0.05, 0.1) is 18.8 Å². The number of aryl methyl sites for hydroxylation is 2. The lowest BCUT2D eigenvalue weighted by molar-refractivity contribution is 0.0532. The zero-order chi connectivity index (χ0) is 15.7. The fraction of sp³-hybridized carbons (Fsp3) is 0.294. The van der Waals surface area contributed by atoms with Crippen LogP contribution in [0.3, 0.4) is 0 Å². The Morgan fingerprint density at radius 3 is 2.68 bits per heavy atom. The van der Waals surface area contributed by atoms with E-state index in [1.807, 2.05) is 24.6 Å². The van der Waals surface area contributed by atoms with Crippen molar-refractivity contribution in [2.24, 2.45) is 0 Å². The SMILES string of the molecule is CCOC(=O)c1cc2c(C)nn(Cc3ccc(C)cc3)c2s1. The van der Waals surface area contributed by atoms with E-state index >= 15 is 0 Å². The number of hydrogen-bond donors (Lipinski definition) is 0. The van der Waals surface area contributed by atoms with E-state index in [2.05, 4.69) is 36.3 Å². The molecule has 0 bridgehead atoms. The van der Waals surface area contributed by atoms with Crippen molar-refractivity contribution in [1.82, 2.24) is 9.78 Å². The maximum Gasteiger partial charge on any atom is 0.348 e. The molecule has 2 aromatic heterocycles. The van der Waals surface area contributed by atoms with Crippen molar-refractivity contribution in [2.75, 3.05) is 6.61 Å². The lowest BCUT2D eigenvalue weighted by Crippen LogP contribution is -2.03. The highest BCUT2D eigenvalue weighted by atomic mass is 32.1. The highest BCUT2D eigenvalue weighted by Gasteiger charge is 2.17. The summed E-state index contributed by atoms with van der Waals surface area (Å²) in [4.78, 5) is 13.5. The third-order valence-electron chi connectivity index (χ3n) is 3.54. The standard InChI is InChI=1S/C17H18N2O2S/c1-4-21-17(20)15-9-14-12(3)18-19(16(14)22-15)10-13-7-5-11(2)6-8-13/h5-9H,4,10H2,1-3H3. The monoisotopic (exact) mass is 314 g/mol. The van der Waals surface area contributed by atoms with Crippen molar-refractivity contribution >= 4 is 27.5 Å². The molecule has 2 heterocycles. The van der Waals surface area contributed by atoms with Crippen LogP contribution in [-0.2, 0) is 11.3 Å². The van der Waals surface area contributed by atoms with Crippen LogP contribution in [0.4, 0.5) is 0 Å². The Hall–Kier alpha value is -2.14. The highest BCUT2D eigenvalue weighted by Crippen LogP contribution is 2.29. The molecule has 4 nitrogen and oxygen atoms in total. The van der Waals surface area contributed by atoms with E-state index in [0.717, 1.165) is 15.9 Å². The Kier molecular flexibility index (Phi) is 3.98. The number of fused-ring (bicyclic) bond motifs is 1. The Labute approximate surface area is 133 Å². The molecule has 5 heteroatoms. The first-order valence-corrected chi connectivity index (χ1v) is 8.09. The molecule has 0 atom stereocenters. The summed E-state index contributed by atoms with van der Waals surface area (Å²) < 4.78 is 7.04. The minimum absolute atomic E-state index is 0.259. The van der Waals surface area contributed by atoms with Crippen LogP contribution in [0.2, 0.25) is 0 Å². The fourth-order valence-electron chi connectivity index (χ4n) is 2.39. The van der Waals surface area contributed by atoms with Gasteiger partial charge in [0.2, 0.25) is 0 Å². The minimum atomic E-state index is -0.259.